The lowest BCUT2D eigenvalue weighted by Crippen LogP contribution is -2.04. The smallest absolute Gasteiger partial charge is 0.0577 e. The number of nitrogens with one attached hydrogen (secondary N) is 1. The summed E-state index contributed by atoms with van der Waals surface area (Å²) in [6, 6.07) is 7.18. The van der Waals surface area contributed by atoms with Crippen molar-refractivity contribution in [1.82, 2.24) is 5.32 Å². The maximum atomic E-state index is 8.24. The Labute approximate surface area is 82.6 Å². The first kappa shape index (κ1) is 10.1. The highest BCUT2D eigenvalue weighted by molar-refractivity contribution is 5.46. The molecule has 4 nitrogen and oxygen atoms in total. The first-order valence-electron chi connectivity index (χ1n) is 4.15. The van der Waals surface area contributed by atoms with Gasteiger partial charge < -0.3 is 5.32 Å². The van der Waals surface area contributed by atoms with Crippen LogP contribution in [-0.4, -0.2) is 13.6 Å². The fourth-order valence-electron chi connectivity index (χ4n) is 0.932. The van der Waals surface area contributed by atoms with Crippen LogP contribution in [0.5, 0.6) is 0 Å². The second-order valence-corrected chi connectivity index (χ2v) is 2.57. The van der Waals surface area contributed by atoms with E-state index >= 15 is 0 Å². The van der Waals surface area contributed by atoms with Gasteiger partial charge in [0, 0.05) is 16.2 Å². The van der Waals surface area contributed by atoms with Crippen molar-refractivity contribution < 1.29 is 0 Å². The van der Waals surface area contributed by atoms with Crippen molar-refractivity contribution >= 4 is 5.69 Å². The summed E-state index contributed by atoms with van der Waals surface area (Å²) in [7, 11) is 1.84. The second kappa shape index (κ2) is 5.65. The highest BCUT2D eigenvalue weighted by Gasteiger charge is 1.88. The van der Waals surface area contributed by atoms with E-state index in [2.05, 4.69) is 27.2 Å². The van der Waals surface area contributed by atoms with Gasteiger partial charge in [0.25, 0.3) is 0 Å². The van der Waals surface area contributed by atoms with E-state index in [-0.39, 0.29) is 0 Å². The fraction of sp³-hybridized carbons (Fsp3) is 0.200. The monoisotopic (exact) mass is 186 g/mol. The van der Waals surface area contributed by atoms with Crippen LogP contribution in [-0.2, 0) is 0 Å². The van der Waals surface area contributed by atoms with E-state index in [9.17, 15) is 0 Å². The Bertz CT molecular complexity index is 408. The van der Waals surface area contributed by atoms with E-state index in [0.717, 1.165) is 5.56 Å². The molecule has 0 aliphatic rings. The molecule has 0 spiro atoms. The van der Waals surface area contributed by atoms with Crippen LogP contribution in [0.15, 0.2) is 29.4 Å². The predicted molar refractivity (Wildman–Crippen MR) is 56.1 cm³/mol. The molecular formula is C10H10N4. The van der Waals surface area contributed by atoms with Crippen LogP contribution in [0.4, 0.5) is 5.69 Å². The third-order valence-electron chi connectivity index (χ3n) is 1.50. The molecule has 0 amide bonds. The molecule has 0 bridgehead atoms. The van der Waals surface area contributed by atoms with E-state index in [1.54, 1.807) is 12.1 Å². The highest BCUT2D eigenvalue weighted by atomic mass is 15.1. The third kappa shape index (κ3) is 3.20. The maximum Gasteiger partial charge on any atom is 0.0577 e. The molecule has 70 valence electrons. The second-order valence-electron chi connectivity index (χ2n) is 2.57. The van der Waals surface area contributed by atoms with Gasteiger partial charge in [-0.3, -0.25) is 0 Å². The van der Waals surface area contributed by atoms with Crippen LogP contribution < -0.4 is 5.32 Å². The largest absolute Gasteiger partial charge is 0.309 e. The van der Waals surface area contributed by atoms with E-state index in [4.69, 9.17) is 5.53 Å². The van der Waals surface area contributed by atoms with E-state index < -0.39 is 0 Å². The van der Waals surface area contributed by atoms with Crippen LogP contribution >= 0.6 is 0 Å². The van der Waals surface area contributed by atoms with Gasteiger partial charge in [-0.25, -0.2) is 0 Å². The van der Waals surface area contributed by atoms with Crippen LogP contribution in [0.3, 0.4) is 0 Å². The summed E-state index contributed by atoms with van der Waals surface area (Å²) in [5.41, 5.74) is 9.68. The van der Waals surface area contributed by atoms with E-state index in [1.165, 1.54) is 0 Å². The molecule has 1 rings (SSSR count). The number of nitrogens with zero attached hydrogens (tertiary/aromatic N) is 3. The topological polar surface area (TPSA) is 60.8 Å². The van der Waals surface area contributed by atoms with Crippen LogP contribution in [0.25, 0.3) is 10.4 Å². The summed E-state index contributed by atoms with van der Waals surface area (Å²) in [6.45, 7) is 0.645. The average molecular weight is 186 g/mol. The zero-order chi connectivity index (χ0) is 10.2. The Morgan fingerprint density at radius 2 is 2.43 bits per heavy atom. The van der Waals surface area contributed by atoms with Crippen molar-refractivity contribution in [2.24, 2.45) is 5.11 Å². The van der Waals surface area contributed by atoms with Gasteiger partial charge in [0.1, 0.15) is 0 Å². The molecule has 0 fully saturated rings. The fourth-order valence-corrected chi connectivity index (χ4v) is 0.932. The minimum Gasteiger partial charge on any atom is -0.309 e. The molecule has 0 radical (unpaired) electrons. The summed E-state index contributed by atoms with van der Waals surface area (Å²) in [5.74, 6) is 5.87. The minimum absolute atomic E-state index is 0.587. The molecule has 0 atom stereocenters. The molecular weight excluding hydrogens is 176 g/mol. The number of hydrogen-bond acceptors (Lipinski definition) is 2. The third-order valence-corrected chi connectivity index (χ3v) is 1.50. The normalized spacial score (nSPS) is 8.36. The molecule has 0 aliphatic heterocycles. The number of rotatable bonds is 2. The lowest BCUT2D eigenvalue weighted by Gasteiger charge is -1.92. The van der Waals surface area contributed by atoms with Crippen molar-refractivity contribution in [2.45, 2.75) is 0 Å². The Morgan fingerprint density at radius 3 is 3.14 bits per heavy atom. The molecule has 1 N–H and O–H groups in total. The van der Waals surface area contributed by atoms with Crippen LogP contribution in [0.2, 0.25) is 0 Å². The molecule has 1 aromatic carbocycles. The van der Waals surface area contributed by atoms with E-state index in [0.29, 0.717) is 12.2 Å². The SMILES string of the molecule is CNCC#Cc1cccc(N=[N+]=[N-])c1. The van der Waals surface area contributed by atoms with Gasteiger partial charge in [-0.05, 0) is 24.7 Å². The summed E-state index contributed by atoms with van der Waals surface area (Å²) in [4.78, 5) is 2.71. The minimum atomic E-state index is 0.587. The van der Waals surface area contributed by atoms with E-state index in [1.807, 2.05) is 19.2 Å². The molecule has 0 saturated carbocycles. The molecule has 0 unspecified atom stereocenters. The van der Waals surface area contributed by atoms with Crippen molar-refractivity contribution in [1.29, 1.82) is 0 Å². The molecule has 1 aromatic rings. The Hall–Kier alpha value is -1.95. The summed E-state index contributed by atoms with van der Waals surface area (Å²) in [5, 5.41) is 6.41. The molecule has 0 aromatic heterocycles. The standard InChI is InChI=1S/C10H10N4/c1-12-7-3-5-9-4-2-6-10(8-9)13-14-11/h2,4,6,8,12H,7H2,1H3. The predicted octanol–water partition coefficient (Wildman–Crippen LogP) is 2.20. The van der Waals surface area contributed by atoms with Gasteiger partial charge in [-0.15, -0.1) is 0 Å². The van der Waals surface area contributed by atoms with Crippen LogP contribution in [0, 0.1) is 11.8 Å². The van der Waals surface area contributed by atoms with Gasteiger partial charge in [-0.2, -0.15) is 0 Å². The average Bonchev–Trinajstić information content (AvgIpc) is 2.19. The zero-order valence-electron chi connectivity index (χ0n) is 7.86. The lowest BCUT2D eigenvalue weighted by molar-refractivity contribution is 0.938. The van der Waals surface area contributed by atoms with Gasteiger partial charge in [0.15, 0.2) is 0 Å². The van der Waals surface area contributed by atoms with Gasteiger partial charge in [0.05, 0.1) is 6.54 Å². The Morgan fingerprint density at radius 1 is 1.57 bits per heavy atom. The number of azide groups is 1. The van der Waals surface area contributed by atoms with Crippen molar-refractivity contribution in [2.75, 3.05) is 13.6 Å². The number of hydrogen-bond donors (Lipinski definition) is 1. The van der Waals surface area contributed by atoms with Crippen LogP contribution in [0.1, 0.15) is 5.56 Å². The molecule has 14 heavy (non-hydrogen) atoms. The summed E-state index contributed by atoms with van der Waals surface area (Å²) >= 11 is 0. The highest BCUT2D eigenvalue weighted by Crippen LogP contribution is 2.13. The zero-order valence-corrected chi connectivity index (χ0v) is 7.86. The van der Waals surface area contributed by atoms with Crippen molar-refractivity contribution in [3.63, 3.8) is 0 Å². The molecule has 0 aliphatic carbocycles. The van der Waals surface area contributed by atoms with Gasteiger partial charge in [-0.1, -0.05) is 29.1 Å². The first-order valence-corrected chi connectivity index (χ1v) is 4.15. The molecule has 4 heteroatoms. The quantitative estimate of drug-likeness (QED) is 0.327. The molecule has 0 saturated heterocycles. The van der Waals surface area contributed by atoms with Crippen molar-refractivity contribution in [3.8, 4) is 11.8 Å². The summed E-state index contributed by atoms with van der Waals surface area (Å²) < 4.78 is 0. The Kier molecular flexibility index (Phi) is 4.09. The van der Waals surface area contributed by atoms with Crippen molar-refractivity contribution in [3.05, 3.63) is 40.3 Å². The van der Waals surface area contributed by atoms with Gasteiger partial charge >= 0.3 is 0 Å². The lowest BCUT2D eigenvalue weighted by atomic mass is 10.2. The first-order chi connectivity index (χ1) is 6.86. The molecule has 0 heterocycles. The summed E-state index contributed by atoms with van der Waals surface area (Å²) in [6.07, 6.45) is 0. The Balaban J connectivity index is 2.84. The maximum absolute atomic E-state index is 8.24. The number of benzene rings is 1. The van der Waals surface area contributed by atoms with Gasteiger partial charge in [0.2, 0.25) is 0 Å².